The number of nitrogens with one attached hydrogen (secondary N) is 1. The normalized spacial score (nSPS) is 12.1. The summed E-state index contributed by atoms with van der Waals surface area (Å²) in [7, 11) is 0. The molecule has 1 atom stereocenters. The Morgan fingerprint density at radius 2 is 1.43 bits per heavy atom. The second-order valence-corrected chi connectivity index (χ2v) is 6.01. The summed E-state index contributed by atoms with van der Waals surface area (Å²) >= 11 is 0. The molecule has 0 saturated heterocycles. The van der Waals surface area contributed by atoms with Crippen LogP contribution in [0.2, 0.25) is 0 Å². The molecule has 0 aliphatic rings. The Morgan fingerprint density at radius 1 is 0.913 bits per heavy atom. The minimum Gasteiger partial charge on any atom is -0.345 e. The topological polar surface area (TPSA) is 29.1 Å². The zero-order valence-corrected chi connectivity index (χ0v) is 14.2. The molecule has 2 heteroatoms. The molecule has 0 aliphatic carbocycles. The first kappa shape index (κ1) is 17.3. The smallest absolute Gasteiger partial charge is 0.223 e. The van der Waals surface area contributed by atoms with Gasteiger partial charge in [0, 0.05) is 5.92 Å². The van der Waals surface area contributed by atoms with Crippen LogP contribution in [-0.2, 0) is 4.79 Å². The summed E-state index contributed by atoms with van der Waals surface area (Å²) in [6.07, 6.45) is 4.09. The van der Waals surface area contributed by atoms with Crippen LogP contribution in [0.25, 0.3) is 0 Å². The van der Waals surface area contributed by atoms with Gasteiger partial charge in [0.15, 0.2) is 0 Å². The third kappa shape index (κ3) is 4.95. The summed E-state index contributed by atoms with van der Waals surface area (Å²) < 4.78 is 0. The van der Waals surface area contributed by atoms with Crippen molar-refractivity contribution in [3.05, 3.63) is 71.8 Å². The van der Waals surface area contributed by atoms with Crippen LogP contribution in [0.5, 0.6) is 0 Å². The second kappa shape index (κ2) is 9.14. The third-order valence-electron chi connectivity index (χ3n) is 4.32. The Kier molecular flexibility index (Phi) is 6.86. The Bertz CT molecular complexity index is 540. The van der Waals surface area contributed by atoms with Crippen molar-refractivity contribution < 1.29 is 4.79 Å². The lowest BCUT2D eigenvalue weighted by atomic mass is 9.95. The maximum Gasteiger partial charge on any atom is 0.223 e. The van der Waals surface area contributed by atoms with E-state index in [4.69, 9.17) is 0 Å². The summed E-state index contributed by atoms with van der Waals surface area (Å²) in [5, 5.41) is 3.27. The van der Waals surface area contributed by atoms with E-state index in [1.54, 1.807) is 0 Å². The minimum absolute atomic E-state index is 0.0828. The van der Waals surface area contributed by atoms with E-state index in [1.165, 1.54) is 0 Å². The van der Waals surface area contributed by atoms with Crippen molar-refractivity contribution in [1.82, 2.24) is 5.32 Å². The van der Waals surface area contributed by atoms with Gasteiger partial charge in [-0.2, -0.15) is 0 Å². The summed E-state index contributed by atoms with van der Waals surface area (Å²) in [5.41, 5.74) is 2.25. The van der Waals surface area contributed by atoms with Crippen LogP contribution < -0.4 is 5.32 Å². The molecular weight excluding hydrogens is 282 g/mol. The van der Waals surface area contributed by atoms with E-state index in [2.05, 4.69) is 43.4 Å². The fraction of sp³-hybridized carbons (Fsp3) is 0.381. The van der Waals surface area contributed by atoms with Gasteiger partial charge in [-0.15, -0.1) is 0 Å². The monoisotopic (exact) mass is 309 g/mol. The summed E-state index contributed by atoms with van der Waals surface area (Å²) in [6, 6.07) is 20.3. The van der Waals surface area contributed by atoms with Crippen LogP contribution in [0.1, 0.15) is 56.7 Å². The van der Waals surface area contributed by atoms with Gasteiger partial charge in [0.25, 0.3) is 0 Å². The maximum absolute atomic E-state index is 12.7. The van der Waals surface area contributed by atoms with Gasteiger partial charge in [-0.25, -0.2) is 0 Å². The maximum atomic E-state index is 12.7. The lowest BCUT2D eigenvalue weighted by Gasteiger charge is -2.23. The van der Waals surface area contributed by atoms with Gasteiger partial charge >= 0.3 is 0 Å². The van der Waals surface area contributed by atoms with E-state index in [-0.39, 0.29) is 17.9 Å². The van der Waals surface area contributed by atoms with Gasteiger partial charge in [-0.1, -0.05) is 87.4 Å². The molecule has 1 N–H and O–H groups in total. The average Bonchev–Trinajstić information content (AvgIpc) is 2.62. The molecule has 1 amide bonds. The molecule has 0 fully saturated rings. The molecule has 0 bridgehead atoms. The van der Waals surface area contributed by atoms with Crippen LogP contribution in [0, 0.1) is 5.92 Å². The van der Waals surface area contributed by atoms with Crippen molar-refractivity contribution in [3.8, 4) is 0 Å². The first-order chi connectivity index (χ1) is 11.3. The molecule has 2 nitrogen and oxygen atoms in total. The summed E-state index contributed by atoms with van der Waals surface area (Å²) in [4.78, 5) is 12.7. The number of hydrogen-bond acceptors (Lipinski definition) is 1. The van der Waals surface area contributed by atoms with E-state index >= 15 is 0 Å². The van der Waals surface area contributed by atoms with Crippen molar-refractivity contribution in [2.75, 3.05) is 0 Å². The number of hydrogen-bond donors (Lipinski definition) is 1. The van der Waals surface area contributed by atoms with Crippen molar-refractivity contribution in [2.45, 2.75) is 45.6 Å². The zero-order valence-electron chi connectivity index (χ0n) is 14.2. The van der Waals surface area contributed by atoms with Crippen molar-refractivity contribution >= 4 is 5.91 Å². The lowest BCUT2D eigenvalue weighted by molar-refractivity contribution is -0.125. The van der Waals surface area contributed by atoms with Gasteiger partial charge in [-0.3, -0.25) is 4.79 Å². The number of unbranched alkanes of at least 4 members (excludes halogenated alkanes) is 1. The molecule has 0 radical (unpaired) electrons. The van der Waals surface area contributed by atoms with E-state index < -0.39 is 0 Å². The molecule has 2 rings (SSSR count). The molecule has 23 heavy (non-hydrogen) atoms. The van der Waals surface area contributed by atoms with Crippen LogP contribution in [0.15, 0.2) is 60.7 Å². The number of rotatable bonds is 8. The van der Waals surface area contributed by atoms with Crippen LogP contribution in [-0.4, -0.2) is 5.91 Å². The average molecular weight is 309 g/mol. The lowest BCUT2D eigenvalue weighted by Crippen LogP contribution is -2.34. The molecule has 0 spiro atoms. The highest BCUT2D eigenvalue weighted by atomic mass is 16.1. The first-order valence-corrected chi connectivity index (χ1v) is 8.66. The first-order valence-electron chi connectivity index (χ1n) is 8.66. The van der Waals surface area contributed by atoms with Gasteiger partial charge in [-0.05, 0) is 24.0 Å². The van der Waals surface area contributed by atoms with Gasteiger partial charge in [0.1, 0.15) is 0 Å². The SMILES string of the molecule is CCCCC(CC)C(=O)NC(c1ccccc1)c1ccccc1. The van der Waals surface area contributed by atoms with E-state index in [9.17, 15) is 4.79 Å². The van der Waals surface area contributed by atoms with Crippen molar-refractivity contribution in [2.24, 2.45) is 5.92 Å². The minimum atomic E-state index is -0.0828. The second-order valence-electron chi connectivity index (χ2n) is 6.01. The number of carbonyl (C=O) groups excluding carboxylic acids is 1. The number of benzene rings is 2. The van der Waals surface area contributed by atoms with Crippen molar-refractivity contribution in [1.29, 1.82) is 0 Å². The van der Waals surface area contributed by atoms with E-state index in [0.29, 0.717) is 0 Å². The summed E-state index contributed by atoms with van der Waals surface area (Å²) in [6.45, 7) is 4.27. The molecule has 0 saturated carbocycles. The standard InChI is InChI=1S/C21H27NO/c1-3-5-12-17(4-2)21(23)22-20(18-13-8-6-9-14-18)19-15-10-7-11-16-19/h6-11,13-17,20H,3-5,12H2,1-2H3,(H,22,23). The van der Waals surface area contributed by atoms with Gasteiger partial charge in [0.2, 0.25) is 5.91 Å². The van der Waals surface area contributed by atoms with E-state index in [0.717, 1.165) is 36.8 Å². The van der Waals surface area contributed by atoms with Gasteiger partial charge in [0.05, 0.1) is 6.04 Å². The Balaban J connectivity index is 2.20. The van der Waals surface area contributed by atoms with Crippen LogP contribution in [0.3, 0.4) is 0 Å². The molecule has 2 aromatic carbocycles. The van der Waals surface area contributed by atoms with Gasteiger partial charge < -0.3 is 5.32 Å². The number of carbonyl (C=O) groups is 1. The Labute approximate surface area is 139 Å². The fourth-order valence-electron chi connectivity index (χ4n) is 2.88. The number of amides is 1. The molecule has 1 unspecified atom stereocenters. The Hall–Kier alpha value is -2.09. The van der Waals surface area contributed by atoms with E-state index in [1.807, 2.05) is 36.4 Å². The molecule has 0 aliphatic heterocycles. The molecular formula is C21H27NO. The zero-order chi connectivity index (χ0) is 16.5. The molecule has 2 aromatic rings. The Morgan fingerprint density at radius 3 is 1.87 bits per heavy atom. The summed E-state index contributed by atoms with van der Waals surface area (Å²) in [5.74, 6) is 0.267. The fourth-order valence-corrected chi connectivity index (χ4v) is 2.88. The largest absolute Gasteiger partial charge is 0.345 e. The van der Waals surface area contributed by atoms with Crippen LogP contribution >= 0.6 is 0 Å². The van der Waals surface area contributed by atoms with Crippen LogP contribution in [0.4, 0.5) is 0 Å². The predicted molar refractivity (Wildman–Crippen MR) is 96.2 cm³/mol. The molecule has 122 valence electrons. The highest BCUT2D eigenvalue weighted by molar-refractivity contribution is 5.79. The highest BCUT2D eigenvalue weighted by Gasteiger charge is 2.21. The van der Waals surface area contributed by atoms with Crippen molar-refractivity contribution in [3.63, 3.8) is 0 Å². The quantitative estimate of drug-likeness (QED) is 0.721. The third-order valence-corrected chi connectivity index (χ3v) is 4.32. The predicted octanol–water partition coefficient (Wildman–Crippen LogP) is 5.11. The highest BCUT2D eigenvalue weighted by Crippen LogP contribution is 2.23. The molecule has 0 aromatic heterocycles. The molecule has 0 heterocycles.